The maximum Gasteiger partial charge on any atom is 0.340 e. The Morgan fingerprint density at radius 1 is 1.11 bits per heavy atom. The van der Waals surface area contributed by atoms with Crippen LogP contribution in [0.4, 0.5) is 15.2 Å². The van der Waals surface area contributed by atoms with E-state index in [-0.39, 0.29) is 18.3 Å². The molecular weight excluding hydrogens is 469 g/mol. The Labute approximate surface area is 206 Å². The van der Waals surface area contributed by atoms with Crippen LogP contribution >= 0.6 is 11.3 Å². The summed E-state index contributed by atoms with van der Waals surface area (Å²) < 4.78 is 26.1. The summed E-state index contributed by atoms with van der Waals surface area (Å²) in [5.74, 6) is -0.496. The summed E-state index contributed by atoms with van der Waals surface area (Å²) in [5.41, 5.74) is 3.79. The van der Waals surface area contributed by atoms with Crippen LogP contribution in [0.2, 0.25) is 0 Å². The van der Waals surface area contributed by atoms with Gasteiger partial charge in [-0.25, -0.2) is 14.2 Å². The minimum Gasteiger partial charge on any atom is -0.495 e. The summed E-state index contributed by atoms with van der Waals surface area (Å²) >= 11 is 1.27. The van der Waals surface area contributed by atoms with E-state index >= 15 is 0 Å². The van der Waals surface area contributed by atoms with Gasteiger partial charge in [-0.3, -0.25) is 9.69 Å². The van der Waals surface area contributed by atoms with Crippen molar-refractivity contribution in [2.45, 2.75) is 27.4 Å². The molecule has 35 heavy (non-hydrogen) atoms. The molecule has 0 aliphatic heterocycles. The second kappa shape index (κ2) is 10.1. The number of carbonyl (C=O) groups is 2. The molecule has 2 aromatic heterocycles. The molecule has 0 bridgehead atoms. The fraction of sp³-hybridized carbons (Fsp3) is 0.192. The fourth-order valence-electron chi connectivity index (χ4n) is 3.86. The number of nitrogens with zero attached hydrogens (tertiary/aromatic N) is 3. The summed E-state index contributed by atoms with van der Waals surface area (Å²) in [4.78, 5) is 31.2. The molecule has 9 heteroatoms. The third kappa shape index (κ3) is 4.95. The Kier molecular flexibility index (Phi) is 6.97. The van der Waals surface area contributed by atoms with Crippen molar-refractivity contribution in [1.29, 1.82) is 0 Å². The maximum atomic E-state index is 13.3. The molecule has 0 unspecified atom stereocenters. The number of hydrogen-bond donors (Lipinski definition) is 0. The topological polar surface area (TPSA) is 73.7 Å². The molecule has 180 valence electrons. The lowest BCUT2D eigenvalue weighted by atomic mass is 10.2. The second-order valence-electron chi connectivity index (χ2n) is 7.82. The van der Waals surface area contributed by atoms with Crippen molar-refractivity contribution >= 4 is 34.0 Å². The normalized spacial score (nSPS) is 10.8. The van der Waals surface area contributed by atoms with E-state index in [0.717, 1.165) is 11.4 Å². The number of methoxy groups -OCH3 is 1. The molecule has 7 nitrogen and oxygen atoms in total. The molecule has 0 atom stereocenters. The molecule has 0 spiro atoms. The van der Waals surface area contributed by atoms with Gasteiger partial charge in [-0.05, 0) is 56.3 Å². The summed E-state index contributed by atoms with van der Waals surface area (Å²) in [6, 6.07) is 15.0. The van der Waals surface area contributed by atoms with Crippen LogP contribution in [0.15, 0.2) is 60.0 Å². The minimum atomic E-state index is -0.492. The quantitative estimate of drug-likeness (QED) is 0.307. The van der Waals surface area contributed by atoms with Gasteiger partial charge in [0.15, 0.2) is 5.13 Å². The van der Waals surface area contributed by atoms with Gasteiger partial charge in [0, 0.05) is 29.4 Å². The van der Waals surface area contributed by atoms with Gasteiger partial charge < -0.3 is 14.0 Å². The average Bonchev–Trinajstić information content (AvgIpc) is 3.42. The molecule has 0 aliphatic carbocycles. The van der Waals surface area contributed by atoms with Crippen molar-refractivity contribution < 1.29 is 23.5 Å². The Morgan fingerprint density at radius 2 is 1.83 bits per heavy atom. The first-order chi connectivity index (χ1) is 16.8. The molecule has 0 radical (unpaired) electrons. The van der Waals surface area contributed by atoms with Gasteiger partial charge in [-0.1, -0.05) is 12.1 Å². The van der Waals surface area contributed by atoms with E-state index in [1.807, 2.05) is 30.5 Å². The fourth-order valence-corrected chi connectivity index (χ4v) is 4.73. The predicted octanol–water partition coefficient (Wildman–Crippen LogP) is 5.74. The van der Waals surface area contributed by atoms with E-state index < -0.39 is 5.97 Å². The van der Waals surface area contributed by atoms with Crippen LogP contribution in [0.1, 0.15) is 34.4 Å². The first kappa shape index (κ1) is 24.2. The van der Waals surface area contributed by atoms with Gasteiger partial charge >= 0.3 is 5.97 Å². The van der Waals surface area contributed by atoms with Crippen LogP contribution in [0.5, 0.6) is 5.75 Å². The standard InChI is InChI=1S/C26H24FN3O4S/c1-16-13-22(17(2)29(16)21-11-9-19(27)10-12-21)25(32)34-14-20-15-35-26(28-20)30(18(3)31)23-7-5-6-8-24(23)33-4/h5-13,15H,14H2,1-4H3. The van der Waals surface area contributed by atoms with Crippen LogP contribution < -0.4 is 9.64 Å². The summed E-state index contributed by atoms with van der Waals surface area (Å²) in [6.45, 7) is 5.08. The number of aromatic nitrogens is 2. The van der Waals surface area contributed by atoms with E-state index in [2.05, 4.69) is 4.98 Å². The number of carbonyl (C=O) groups excluding carboxylic acids is 2. The highest BCUT2D eigenvalue weighted by Gasteiger charge is 2.22. The van der Waals surface area contributed by atoms with Gasteiger partial charge in [0.2, 0.25) is 5.91 Å². The van der Waals surface area contributed by atoms with Gasteiger partial charge in [0.1, 0.15) is 18.2 Å². The monoisotopic (exact) mass is 493 g/mol. The Hall–Kier alpha value is -3.98. The zero-order valence-electron chi connectivity index (χ0n) is 19.7. The first-order valence-electron chi connectivity index (χ1n) is 10.8. The van der Waals surface area contributed by atoms with Gasteiger partial charge in [0.25, 0.3) is 0 Å². The molecule has 0 aliphatic rings. The summed E-state index contributed by atoms with van der Waals surface area (Å²) in [5, 5.41) is 2.19. The van der Waals surface area contributed by atoms with Crippen LogP contribution in [0, 0.1) is 19.7 Å². The van der Waals surface area contributed by atoms with Gasteiger partial charge in [-0.15, -0.1) is 11.3 Å². The number of amides is 1. The smallest absolute Gasteiger partial charge is 0.340 e. The van der Waals surface area contributed by atoms with Crippen molar-refractivity contribution in [2.75, 3.05) is 12.0 Å². The van der Waals surface area contributed by atoms with Gasteiger partial charge in [-0.2, -0.15) is 0 Å². The number of ether oxygens (including phenoxy) is 2. The molecule has 4 rings (SSSR count). The van der Waals surface area contributed by atoms with Crippen LogP contribution in [-0.4, -0.2) is 28.5 Å². The number of halogens is 1. The largest absolute Gasteiger partial charge is 0.495 e. The first-order valence-corrected chi connectivity index (χ1v) is 11.7. The maximum absolute atomic E-state index is 13.3. The number of thiazole rings is 1. The number of rotatable bonds is 7. The van der Waals surface area contributed by atoms with E-state index in [9.17, 15) is 14.0 Å². The van der Waals surface area contributed by atoms with Crippen LogP contribution in [0.3, 0.4) is 0 Å². The molecule has 0 fully saturated rings. The minimum absolute atomic E-state index is 0.0484. The molecule has 2 heterocycles. The summed E-state index contributed by atoms with van der Waals surface area (Å²) in [6.07, 6.45) is 0. The Balaban J connectivity index is 1.51. The molecule has 0 N–H and O–H groups in total. The molecule has 0 saturated carbocycles. The predicted molar refractivity (Wildman–Crippen MR) is 132 cm³/mol. The lowest BCUT2D eigenvalue weighted by molar-refractivity contribution is -0.115. The van der Waals surface area contributed by atoms with Crippen LogP contribution in [-0.2, 0) is 16.1 Å². The van der Waals surface area contributed by atoms with E-state index in [1.165, 1.54) is 42.4 Å². The third-order valence-electron chi connectivity index (χ3n) is 5.46. The summed E-state index contributed by atoms with van der Waals surface area (Å²) in [7, 11) is 1.54. The van der Waals surface area contributed by atoms with Crippen molar-refractivity contribution in [1.82, 2.24) is 9.55 Å². The zero-order chi connectivity index (χ0) is 25.1. The lowest BCUT2D eigenvalue weighted by Gasteiger charge is -2.20. The van der Waals surface area contributed by atoms with Crippen molar-refractivity contribution in [3.05, 3.63) is 88.4 Å². The average molecular weight is 494 g/mol. The Bertz CT molecular complexity index is 1380. The van der Waals surface area contributed by atoms with Gasteiger partial charge in [0.05, 0.1) is 24.1 Å². The number of hydrogen-bond acceptors (Lipinski definition) is 6. The molecular formula is C26H24FN3O4S. The zero-order valence-corrected chi connectivity index (χ0v) is 20.6. The van der Waals surface area contributed by atoms with E-state index in [0.29, 0.717) is 33.5 Å². The second-order valence-corrected chi connectivity index (χ2v) is 8.66. The third-order valence-corrected chi connectivity index (χ3v) is 6.33. The van der Waals surface area contributed by atoms with E-state index in [1.54, 1.807) is 35.7 Å². The van der Waals surface area contributed by atoms with Crippen molar-refractivity contribution in [3.8, 4) is 11.4 Å². The molecule has 1 amide bonds. The highest BCUT2D eigenvalue weighted by Crippen LogP contribution is 2.35. The van der Waals surface area contributed by atoms with Crippen molar-refractivity contribution in [3.63, 3.8) is 0 Å². The van der Waals surface area contributed by atoms with E-state index in [4.69, 9.17) is 9.47 Å². The molecule has 2 aromatic carbocycles. The number of esters is 1. The number of benzene rings is 2. The number of anilines is 2. The Morgan fingerprint density at radius 3 is 2.51 bits per heavy atom. The molecule has 4 aromatic rings. The van der Waals surface area contributed by atoms with Crippen LogP contribution in [0.25, 0.3) is 5.69 Å². The number of para-hydroxylation sites is 2. The SMILES string of the molecule is COc1ccccc1N(C(C)=O)c1nc(COC(=O)c2cc(C)n(-c3ccc(F)cc3)c2C)cs1. The highest BCUT2D eigenvalue weighted by atomic mass is 32.1. The number of aryl methyl sites for hydroxylation is 1. The lowest BCUT2D eigenvalue weighted by Crippen LogP contribution is -2.23. The molecule has 0 saturated heterocycles. The highest BCUT2D eigenvalue weighted by molar-refractivity contribution is 7.14. The van der Waals surface area contributed by atoms with Crippen molar-refractivity contribution in [2.24, 2.45) is 0 Å².